The first-order valence-electron chi connectivity index (χ1n) is 11.9. The minimum absolute atomic E-state index is 0.0815. The molecule has 0 spiro atoms. The highest BCUT2D eigenvalue weighted by Crippen LogP contribution is 2.32. The van der Waals surface area contributed by atoms with E-state index >= 15 is 0 Å². The summed E-state index contributed by atoms with van der Waals surface area (Å²) in [6, 6.07) is 4.29. The van der Waals surface area contributed by atoms with Gasteiger partial charge in [-0.15, -0.1) is 0 Å². The van der Waals surface area contributed by atoms with E-state index in [-0.39, 0.29) is 24.0 Å². The summed E-state index contributed by atoms with van der Waals surface area (Å²) in [6.07, 6.45) is 1.76. The average molecular weight is 556 g/mol. The number of hydrogen-bond acceptors (Lipinski definition) is 6. The first kappa shape index (κ1) is 26.6. The molecule has 2 fully saturated rings. The van der Waals surface area contributed by atoms with Crippen LogP contribution in [0.15, 0.2) is 24.4 Å². The molecule has 2 N–H and O–H groups in total. The summed E-state index contributed by atoms with van der Waals surface area (Å²) in [5.41, 5.74) is 0.855. The van der Waals surface area contributed by atoms with E-state index in [9.17, 15) is 14.7 Å². The highest BCUT2D eigenvalue weighted by molar-refractivity contribution is 6.35. The zero-order chi connectivity index (χ0) is 26.1. The van der Waals surface area contributed by atoms with E-state index in [4.69, 9.17) is 34.8 Å². The van der Waals surface area contributed by atoms with Crippen molar-refractivity contribution in [2.75, 3.05) is 29.9 Å². The molecule has 0 bridgehead atoms. The van der Waals surface area contributed by atoms with Crippen molar-refractivity contribution in [3.05, 3.63) is 45.0 Å². The normalized spacial score (nSPS) is 23.1. The zero-order valence-electron chi connectivity index (χ0n) is 20.3. The quantitative estimate of drug-likeness (QED) is 0.524. The van der Waals surface area contributed by atoms with E-state index < -0.39 is 12.1 Å². The Bertz CT molecular complexity index is 1150. The van der Waals surface area contributed by atoms with Crippen LogP contribution < -0.4 is 10.2 Å². The number of likely N-dealkylation sites (tertiary alicyclic amines) is 1. The maximum Gasteiger partial charge on any atom is 0.407 e. The number of aromatic nitrogens is 2. The van der Waals surface area contributed by atoms with E-state index in [2.05, 4.69) is 15.3 Å². The molecule has 2 saturated heterocycles. The first-order chi connectivity index (χ1) is 17.1. The summed E-state index contributed by atoms with van der Waals surface area (Å²) in [5.74, 6) is 0.833. The van der Waals surface area contributed by atoms with Crippen LogP contribution >= 0.6 is 34.8 Å². The van der Waals surface area contributed by atoms with Gasteiger partial charge in [-0.25, -0.2) is 9.78 Å². The number of benzene rings is 1. The monoisotopic (exact) mass is 554 g/mol. The van der Waals surface area contributed by atoms with Crippen molar-refractivity contribution in [2.45, 2.75) is 57.8 Å². The topological polar surface area (TPSA) is 102 Å². The van der Waals surface area contributed by atoms with Crippen molar-refractivity contribution in [1.82, 2.24) is 19.8 Å². The summed E-state index contributed by atoms with van der Waals surface area (Å²) in [7, 11) is 0. The SMILES string of the molecule is C[C@@H]1CN(c2ncc(Cl)c(N[C@H](C)c3ccc(Cl)cc3Cl)n2)[C@@H](C)CN1C(=O)[C@H]1CCCN1C(=O)O. The van der Waals surface area contributed by atoms with E-state index in [1.807, 2.05) is 31.7 Å². The Morgan fingerprint density at radius 2 is 1.86 bits per heavy atom. The molecule has 2 aliphatic rings. The van der Waals surface area contributed by atoms with Crippen LogP contribution in [-0.2, 0) is 4.79 Å². The third kappa shape index (κ3) is 5.43. The van der Waals surface area contributed by atoms with E-state index in [0.29, 0.717) is 59.3 Å². The third-order valence-electron chi connectivity index (χ3n) is 6.82. The third-order valence-corrected chi connectivity index (χ3v) is 7.66. The van der Waals surface area contributed by atoms with Gasteiger partial charge >= 0.3 is 6.09 Å². The number of piperazine rings is 1. The molecule has 1 aromatic carbocycles. The van der Waals surface area contributed by atoms with E-state index in [0.717, 1.165) is 5.56 Å². The Morgan fingerprint density at radius 3 is 2.56 bits per heavy atom. The summed E-state index contributed by atoms with van der Waals surface area (Å²) in [5, 5.41) is 14.2. The maximum absolute atomic E-state index is 13.2. The van der Waals surface area contributed by atoms with Crippen LogP contribution in [0.4, 0.5) is 16.6 Å². The summed E-state index contributed by atoms with van der Waals surface area (Å²) in [6.45, 7) is 7.24. The molecule has 2 aliphatic heterocycles. The van der Waals surface area contributed by atoms with Crippen molar-refractivity contribution in [3.8, 4) is 0 Å². The number of amides is 2. The predicted octanol–water partition coefficient (Wildman–Crippen LogP) is 5.18. The van der Waals surface area contributed by atoms with Gasteiger partial charge in [0, 0.05) is 41.8 Å². The van der Waals surface area contributed by atoms with Crippen LogP contribution in [0.3, 0.4) is 0 Å². The molecular formula is C24H29Cl3N6O3. The summed E-state index contributed by atoms with van der Waals surface area (Å²) >= 11 is 18.8. The lowest BCUT2D eigenvalue weighted by atomic mass is 10.1. The lowest BCUT2D eigenvalue weighted by Crippen LogP contribution is -2.61. The van der Waals surface area contributed by atoms with Gasteiger partial charge in [0.15, 0.2) is 5.82 Å². The molecule has 36 heavy (non-hydrogen) atoms. The number of carboxylic acid groups (broad SMARTS) is 1. The van der Waals surface area contributed by atoms with Gasteiger partial charge in [-0.2, -0.15) is 4.98 Å². The fourth-order valence-electron chi connectivity index (χ4n) is 4.89. The molecule has 0 saturated carbocycles. The number of nitrogens with zero attached hydrogens (tertiary/aromatic N) is 5. The Hall–Kier alpha value is -2.49. The van der Waals surface area contributed by atoms with Gasteiger partial charge in [0.2, 0.25) is 11.9 Å². The fourth-order valence-corrected chi connectivity index (χ4v) is 5.61. The molecular weight excluding hydrogens is 527 g/mol. The number of rotatable bonds is 5. The molecule has 0 radical (unpaired) electrons. The van der Waals surface area contributed by atoms with Crippen molar-refractivity contribution < 1.29 is 14.7 Å². The van der Waals surface area contributed by atoms with Gasteiger partial charge in [-0.1, -0.05) is 40.9 Å². The van der Waals surface area contributed by atoms with Gasteiger partial charge in [-0.3, -0.25) is 9.69 Å². The number of halogens is 3. The fraction of sp³-hybridized carbons (Fsp3) is 0.500. The lowest BCUT2D eigenvalue weighted by Gasteiger charge is -2.45. The van der Waals surface area contributed by atoms with Crippen LogP contribution in [0, 0.1) is 0 Å². The van der Waals surface area contributed by atoms with Crippen LogP contribution in [0.2, 0.25) is 15.1 Å². The van der Waals surface area contributed by atoms with Gasteiger partial charge in [0.1, 0.15) is 11.1 Å². The molecule has 3 heterocycles. The highest BCUT2D eigenvalue weighted by atomic mass is 35.5. The van der Waals surface area contributed by atoms with Crippen LogP contribution in [-0.4, -0.2) is 74.6 Å². The van der Waals surface area contributed by atoms with Crippen LogP contribution in [0.1, 0.15) is 45.2 Å². The molecule has 9 nitrogen and oxygen atoms in total. The molecule has 2 aromatic rings. The second-order valence-electron chi connectivity index (χ2n) is 9.37. The standard InChI is InChI=1S/C24H29Cl3N6O3/c1-13-12-33(14(2)11-32(13)22(34)20-5-4-8-31(20)24(35)36)23-28-10-19(27)21(30-23)29-15(3)17-7-6-16(25)9-18(17)26/h6-7,9-10,13-15,20H,4-5,8,11-12H2,1-3H3,(H,35,36)(H,28,29,30)/t13-,14+,15-,20-/m1/s1. The molecule has 2 amide bonds. The Kier molecular flexibility index (Phi) is 8.02. The second-order valence-corrected chi connectivity index (χ2v) is 10.6. The van der Waals surface area contributed by atoms with Gasteiger partial charge in [0.25, 0.3) is 0 Å². The van der Waals surface area contributed by atoms with Crippen LogP contribution in [0.25, 0.3) is 0 Å². The average Bonchev–Trinajstić information content (AvgIpc) is 3.32. The van der Waals surface area contributed by atoms with E-state index in [1.165, 1.54) is 4.90 Å². The Morgan fingerprint density at radius 1 is 1.11 bits per heavy atom. The molecule has 194 valence electrons. The largest absolute Gasteiger partial charge is 0.465 e. The zero-order valence-corrected chi connectivity index (χ0v) is 22.6. The molecule has 12 heteroatoms. The molecule has 4 rings (SSSR count). The number of carbonyl (C=O) groups excluding carboxylic acids is 1. The smallest absolute Gasteiger partial charge is 0.407 e. The van der Waals surface area contributed by atoms with Crippen molar-refractivity contribution >= 4 is 58.6 Å². The molecule has 0 unspecified atom stereocenters. The summed E-state index contributed by atoms with van der Waals surface area (Å²) in [4.78, 5) is 39.0. The number of anilines is 2. The van der Waals surface area contributed by atoms with E-state index in [1.54, 1.807) is 23.2 Å². The van der Waals surface area contributed by atoms with Crippen LogP contribution in [0.5, 0.6) is 0 Å². The summed E-state index contributed by atoms with van der Waals surface area (Å²) < 4.78 is 0. The molecule has 1 aromatic heterocycles. The molecule has 0 aliphatic carbocycles. The highest BCUT2D eigenvalue weighted by Gasteiger charge is 2.41. The maximum atomic E-state index is 13.2. The predicted molar refractivity (Wildman–Crippen MR) is 141 cm³/mol. The first-order valence-corrected chi connectivity index (χ1v) is 13.0. The molecule has 4 atom stereocenters. The van der Waals surface area contributed by atoms with Crippen molar-refractivity contribution in [2.24, 2.45) is 0 Å². The Labute approximate surface area is 225 Å². The Balaban J connectivity index is 1.49. The number of hydrogen-bond donors (Lipinski definition) is 2. The minimum atomic E-state index is -1.05. The van der Waals surface area contributed by atoms with Gasteiger partial charge < -0.3 is 20.2 Å². The minimum Gasteiger partial charge on any atom is -0.465 e. The van der Waals surface area contributed by atoms with Crippen molar-refractivity contribution in [3.63, 3.8) is 0 Å². The lowest BCUT2D eigenvalue weighted by molar-refractivity contribution is -0.138. The second kappa shape index (κ2) is 10.9. The van der Waals surface area contributed by atoms with Gasteiger partial charge in [0.05, 0.1) is 12.2 Å². The van der Waals surface area contributed by atoms with Crippen molar-refractivity contribution in [1.29, 1.82) is 0 Å². The number of nitrogens with one attached hydrogen (secondary N) is 1. The van der Waals surface area contributed by atoms with Gasteiger partial charge in [-0.05, 0) is 51.3 Å². The number of carbonyl (C=O) groups is 2.